The molecule has 1 aromatic rings. The highest BCUT2D eigenvalue weighted by Gasteiger charge is 2.03. The quantitative estimate of drug-likeness (QED) is 0.567. The summed E-state index contributed by atoms with van der Waals surface area (Å²) in [6.07, 6.45) is 2.02. The van der Waals surface area contributed by atoms with E-state index in [1.807, 2.05) is 12.1 Å². The van der Waals surface area contributed by atoms with Crippen LogP contribution in [0.5, 0.6) is 11.5 Å². The molecule has 0 aliphatic carbocycles. The SMILES string of the molecule is C=C(C)CCNCCc1ccc(OC)c(OC)c1. The van der Waals surface area contributed by atoms with Crippen LogP contribution in [0.25, 0.3) is 0 Å². The van der Waals surface area contributed by atoms with Gasteiger partial charge in [-0.05, 0) is 50.6 Å². The molecule has 0 saturated heterocycles. The Kier molecular flexibility index (Phi) is 6.29. The van der Waals surface area contributed by atoms with Crippen molar-refractivity contribution in [1.29, 1.82) is 0 Å². The third-order valence-electron chi connectivity index (χ3n) is 2.77. The van der Waals surface area contributed by atoms with Gasteiger partial charge in [-0.25, -0.2) is 0 Å². The predicted octanol–water partition coefficient (Wildman–Crippen LogP) is 2.80. The lowest BCUT2D eigenvalue weighted by Crippen LogP contribution is -2.18. The molecule has 3 heteroatoms. The molecule has 0 fully saturated rings. The summed E-state index contributed by atoms with van der Waals surface area (Å²) in [6.45, 7) is 7.88. The van der Waals surface area contributed by atoms with Crippen LogP contribution >= 0.6 is 0 Å². The van der Waals surface area contributed by atoms with Gasteiger partial charge in [-0.1, -0.05) is 11.6 Å². The summed E-state index contributed by atoms with van der Waals surface area (Å²) >= 11 is 0. The standard InChI is InChI=1S/C15H23NO2/c1-12(2)7-9-16-10-8-13-5-6-14(17-3)15(11-13)18-4/h5-6,11,16H,1,7-10H2,2-4H3. The second-order valence-electron chi connectivity index (χ2n) is 4.40. The van der Waals surface area contributed by atoms with Crippen LogP contribution < -0.4 is 14.8 Å². The first-order chi connectivity index (χ1) is 8.67. The highest BCUT2D eigenvalue weighted by molar-refractivity contribution is 5.42. The van der Waals surface area contributed by atoms with E-state index in [9.17, 15) is 0 Å². The largest absolute Gasteiger partial charge is 0.493 e. The summed E-state index contributed by atoms with van der Waals surface area (Å²) in [4.78, 5) is 0. The van der Waals surface area contributed by atoms with Crippen LogP contribution in [0.1, 0.15) is 18.9 Å². The van der Waals surface area contributed by atoms with Gasteiger partial charge in [0.05, 0.1) is 14.2 Å². The minimum atomic E-state index is 0.775. The van der Waals surface area contributed by atoms with E-state index in [2.05, 4.69) is 24.9 Å². The molecule has 0 aliphatic rings. The van der Waals surface area contributed by atoms with Gasteiger partial charge in [0.2, 0.25) is 0 Å². The third kappa shape index (κ3) is 4.80. The topological polar surface area (TPSA) is 30.5 Å². The lowest BCUT2D eigenvalue weighted by Gasteiger charge is -2.10. The fraction of sp³-hybridized carbons (Fsp3) is 0.467. The summed E-state index contributed by atoms with van der Waals surface area (Å²) in [6, 6.07) is 6.04. The molecule has 1 aromatic carbocycles. The minimum absolute atomic E-state index is 0.775. The van der Waals surface area contributed by atoms with E-state index in [0.717, 1.165) is 37.4 Å². The van der Waals surface area contributed by atoms with Crippen LogP contribution in [0.15, 0.2) is 30.4 Å². The molecular weight excluding hydrogens is 226 g/mol. The van der Waals surface area contributed by atoms with Crippen LogP contribution in [0, 0.1) is 0 Å². The molecule has 100 valence electrons. The zero-order chi connectivity index (χ0) is 13.4. The maximum Gasteiger partial charge on any atom is 0.160 e. The Labute approximate surface area is 110 Å². The fourth-order valence-corrected chi connectivity index (χ4v) is 1.70. The van der Waals surface area contributed by atoms with Crippen LogP contribution in [0.2, 0.25) is 0 Å². The predicted molar refractivity (Wildman–Crippen MR) is 75.6 cm³/mol. The molecule has 0 bridgehead atoms. The molecule has 18 heavy (non-hydrogen) atoms. The van der Waals surface area contributed by atoms with E-state index in [0.29, 0.717) is 0 Å². The first-order valence-electron chi connectivity index (χ1n) is 6.23. The smallest absolute Gasteiger partial charge is 0.160 e. The molecule has 3 nitrogen and oxygen atoms in total. The van der Waals surface area contributed by atoms with E-state index < -0.39 is 0 Å². The molecule has 0 aromatic heterocycles. The lowest BCUT2D eigenvalue weighted by molar-refractivity contribution is 0.354. The van der Waals surface area contributed by atoms with Crippen molar-refractivity contribution in [2.75, 3.05) is 27.3 Å². The molecule has 0 spiro atoms. The normalized spacial score (nSPS) is 10.2. The van der Waals surface area contributed by atoms with Gasteiger partial charge in [-0.3, -0.25) is 0 Å². The molecule has 0 atom stereocenters. The Morgan fingerprint density at radius 3 is 2.50 bits per heavy atom. The first-order valence-corrected chi connectivity index (χ1v) is 6.23. The van der Waals surface area contributed by atoms with Crippen molar-refractivity contribution in [3.05, 3.63) is 35.9 Å². The average molecular weight is 249 g/mol. The monoisotopic (exact) mass is 249 g/mol. The van der Waals surface area contributed by atoms with Gasteiger partial charge >= 0.3 is 0 Å². The van der Waals surface area contributed by atoms with Gasteiger partial charge in [0, 0.05) is 0 Å². The lowest BCUT2D eigenvalue weighted by atomic mass is 10.1. The van der Waals surface area contributed by atoms with Crippen molar-refractivity contribution in [2.45, 2.75) is 19.8 Å². The number of benzene rings is 1. The van der Waals surface area contributed by atoms with Gasteiger partial charge < -0.3 is 14.8 Å². The highest BCUT2D eigenvalue weighted by atomic mass is 16.5. The van der Waals surface area contributed by atoms with Gasteiger partial charge in [-0.2, -0.15) is 0 Å². The van der Waals surface area contributed by atoms with Crippen molar-refractivity contribution >= 4 is 0 Å². The summed E-state index contributed by atoms with van der Waals surface area (Å²) in [5.41, 5.74) is 2.46. The molecule has 0 radical (unpaired) electrons. The number of hydrogen-bond acceptors (Lipinski definition) is 3. The van der Waals surface area contributed by atoms with E-state index in [4.69, 9.17) is 9.47 Å². The van der Waals surface area contributed by atoms with Crippen molar-refractivity contribution in [3.8, 4) is 11.5 Å². The molecule has 0 amide bonds. The molecule has 0 saturated carbocycles. The van der Waals surface area contributed by atoms with Crippen molar-refractivity contribution in [2.24, 2.45) is 0 Å². The third-order valence-corrected chi connectivity index (χ3v) is 2.77. The van der Waals surface area contributed by atoms with E-state index in [1.54, 1.807) is 14.2 Å². The Balaban J connectivity index is 2.40. The van der Waals surface area contributed by atoms with Gasteiger partial charge in [0.1, 0.15) is 0 Å². The van der Waals surface area contributed by atoms with Gasteiger partial charge in [0.25, 0.3) is 0 Å². The second kappa shape index (κ2) is 7.77. The zero-order valence-electron chi connectivity index (χ0n) is 11.6. The fourth-order valence-electron chi connectivity index (χ4n) is 1.70. The maximum atomic E-state index is 5.28. The number of methoxy groups -OCH3 is 2. The minimum Gasteiger partial charge on any atom is -0.493 e. The number of nitrogens with one attached hydrogen (secondary N) is 1. The first kappa shape index (κ1) is 14.6. The number of rotatable bonds is 8. The van der Waals surface area contributed by atoms with Crippen LogP contribution in [-0.4, -0.2) is 27.3 Å². The van der Waals surface area contributed by atoms with Crippen LogP contribution in [0.3, 0.4) is 0 Å². The molecular formula is C15H23NO2. The van der Waals surface area contributed by atoms with E-state index in [-0.39, 0.29) is 0 Å². The molecule has 0 unspecified atom stereocenters. The van der Waals surface area contributed by atoms with Gasteiger partial charge in [0.15, 0.2) is 11.5 Å². The molecule has 1 rings (SSSR count). The van der Waals surface area contributed by atoms with Crippen molar-refractivity contribution in [3.63, 3.8) is 0 Å². The molecule has 1 N–H and O–H groups in total. The highest BCUT2D eigenvalue weighted by Crippen LogP contribution is 2.27. The number of ether oxygens (including phenoxy) is 2. The summed E-state index contributed by atoms with van der Waals surface area (Å²) in [5, 5.41) is 3.40. The van der Waals surface area contributed by atoms with Gasteiger partial charge in [-0.15, -0.1) is 6.58 Å². The average Bonchev–Trinajstić information content (AvgIpc) is 2.37. The van der Waals surface area contributed by atoms with E-state index in [1.165, 1.54) is 11.1 Å². The summed E-state index contributed by atoms with van der Waals surface area (Å²) in [7, 11) is 3.31. The Hall–Kier alpha value is -1.48. The maximum absolute atomic E-state index is 5.28. The van der Waals surface area contributed by atoms with Crippen LogP contribution in [0.4, 0.5) is 0 Å². The van der Waals surface area contributed by atoms with Crippen molar-refractivity contribution in [1.82, 2.24) is 5.32 Å². The van der Waals surface area contributed by atoms with E-state index >= 15 is 0 Å². The summed E-state index contributed by atoms with van der Waals surface area (Å²) in [5.74, 6) is 1.56. The second-order valence-corrected chi connectivity index (χ2v) is 4.40. The Bertz CT molecular complexity index is 388. The summed E-state index contributed by atoms with van der Waals surface area (Å²) < 4.78 is 10.5. The Morgan fingerprint density at radius 2 is 1.89 bits per heavy atom. The zero-order valence-corrected chi connectivity index (χ0v) is 11.6. The Morgan fingerprint density at radius 1 is 1.17 bits per heavy atom. The number of hydrogen-bond donors (Lipinski definition) is 1. The molecule has 0 aliphatic heterocycles. The molecule has 0 heterocycles. The van der Waals surface area contributed by atoms with Crippen molar-refractivity contribution < 1.29 is 9.47 Å². The van der Waals surface area contributed by atoms with Crippen LogP contribution in [-0.2, 0) is 6.42 Å².